The van der Waals surface area contributed by atoms with Gasteiger partial charge in [0.1, 0.15) is 10.7 Å². The largest absolute Gasteiger partial charge is 0.396 e. The van der Waals surface area contributed by atoms with Crippen molar-refractivity contribution in [2.75, 3.05) is 24.3 Å². The van der Waals surface area contributed by atoms with Crippen LogP contribution in [0.2, 0.25) is 5.02 Å². The van der Waals surface area contributed by atoms with E-state index in [4.69, 9.17) is 17.3 Å². The van der Waals surface area contributed by atoms with Crippen LogP contribution in [0, 0.1) is 5.82 Å². The maximum atomic E-state index is 13.0. The summed E-state index contributed by atoms with van der Waals surface area (Å²) < 4.78 is 49.7. The minimum atomic E-state index is -3.89. The summed E-state index contributed by atoms with van der Waals surface area (Å²) in [5.74, 6) is -0.610. The fraction of sp³-hybridized carbons (Fsp3) is 0.333. The quantitative estimate of drug-likeness (QED) is 0.784. The van der Waals surface area contributed by atoms with Gasteiger partial charge in [0, 0.05) is 29.4 Å². The van der Waals surface area contributed by atoms with Gasteiger partial charge < -0.3 is 5.73 Å². The zero-order chi connectivity index (χ0) is 13.9. The number of nitrogens with two attached hydrogens (primary N) is 1. The molecule has 0 amide bonds. The van der Waals surface area contributed by atoms with Crippen molar-refractivity contribution >= 4 is 38.1 Å². The van der Waals surface area contributed by atoms with Crippen molar-refractivity contribution in [1.29, 1.82) is 0 Å². The lowest BCUT2D eigenvalue weighted by atomic mass is 10.3. The molecular formula is C9H12ClFN2O3S2. The molecule has 102 valence electrons. The first kappa shape index (κ1) is 15.4. The van der Waals surface area contributed by atoms with Gasteiger partial charge in [-0.05, 0) is 12.1 Å². The Morgan fingerprint density at radius 2 is 2.11 bits per heavy atom. The zero-order valence-electron chi connectivity index (χ0n) is 9.44. The Bertz CT molecular complexity index is 577. The molecule has 1 atom stereocenters. The van der Waals surface area contributed by atoms with Crippen molar-refractivity contribution in [3.05, 3.63) is 23.0 Å². The van der Waals surface area contributed by atoms with Gasteiger partial charge in [-0.25, -0.2) is 17.5 Å². The molecule has 0 spiro atoms. The molecule has 1 aromatic carbocycles. The Labute approximate surface area is 112 Å². The average Bonchev–Trinajstić information content (AvgIpc) is 2.22. The van der Waals surface area contributed by atoms with Gasteiger partial charge in [-0.2, -0.15) is 0 Å². The summed E-state index contributed by atoms with van der Waals surface area (Å²) in [7, 11) is -5.00. The molecule has 1 rings (SSSR count). The van der Waals surface area contributed by atoms with Crippen LogP contribution in [0.5, 0.6) is 0 Å². The third kappa shape index (κ3) is 3.91. The molecule has 0 aliphatic heterocycles. The number of nitrogen functional groups attached to an aromatic ring is 1. The van der Waals surface area contributed by atoms with Crippen molar-refractivity contribution in [2.45, 2.75) is 4.90 Å². The highest BCUT2D eigenvalue weighted by atomic mass is 35.5. The first-order valence-electron chi connectivity index (χ1n) is 4.78. The van der Waals surface area contributed by atoms with Gasteiger partial charge in [0.05, 0.1) is 10.7 Å². The van der Waals surface area contributed by atoms with E-state index in [0.717, 1.165) is 12.1 Å². The van der Waals surface area contributed by atoms with E-state index in [-0.39, 0.29) is 27.9 Å². The van der Waals surface area contributed by atoms with Gasteiger partial charge in [0.15, 0.2) is 0 Å². The number of halogens is 2. The van der Waals surface area contributed by atoms with E-state index >= 15 is 0 Å². The van der Waals surface area contributed by atoms with E-state index in [2.05, 4.69) is 4.72 Å². The van der Waals surface area contributed by atoms with Crippen LogP contribution >= 0.6 is 11.6 Å². The summed E-state index contributed by atoms with van der Waals surface area (Å²) in [4.78, 5) is -0.301. The van der Waals surface area contributed by atoms with E-state index in [0.29, 0.717) is 0 Å². The molecule has 0 saturated heterocycles. The van der Waals surface area contributed by atoms with E-state index in [9.17, 15) is 17.0 Å². The second-order valence-electron chi connectivity index (χ2n) is 3.48. The SMILES string of the molecule is CS(=O)CCNS(=O)(=O)c1cc(N)c(F)cc1Cl. The Balaban J connectivity index is 2.98. The molecule has 5 nitrogen and oxygen atoms in total. The van der Waals surface area contributed by atoms with Gasteiger partial charge in [-0.3, -0.25) is 4.21 Å². The van der Waals surface area contributed by atoms with Crippen LogP contribution in [0.3, 0.4) is 0 Å². The van der Waals surface area contributed by atoms with Crippen LogP contribution in [-0.4, -0.2) is 31.2 Å². The summed E-state index contributed by atoms with van der Waals surface area (Å²) >= 11 is 5.65. The molecular weight excluding hydrogens is 303 g/mol. The predicted octanol–water partition coefficient (Wildman–Crippen LogP) is 0.718. The van der Waals surface area contributed by atoms with Crippen LogP contribution in [0.25, 0.3) is 0 Å². The smallest absolute Gasteiger partial charge is 0.242 e. The normalized spacial score (nSPS) is 13.5. The second-order valence-corrected chi connectivity index (χ2v) is 7.18. The fourth-order valence-corrected chi connectivity index (χ4v) is 3.25. The number of benzene rings is 1. The van der Waals surface area contributed by atoms with Crippen molar-refractivity contribution in [3.8, 4) is 0 Å². The molecule has 18 heavy (non-hydrogen) atoms. The Hall–Kier alpha value is -0.700. The lowest BCUT2D eigenvalue weighted by Crippen LogP contribution is -2.28. The molecule has 0 heterocycles. The lowest BCUT2D eigenvalue weighted by Gasteiger charge is -2.09. The highest BCUT2D eigenvalue weighted by Crippen LogP contribution is 2.25. The minimum absolute atomic E-state index is 0.000938. The fourth-order valence-electron chi connectivity index (χ4n) is 1.15. The second kappa shape index (κ2) is 5.96. The lowest BCUT2D eigenvalue weighted by molar-refractivity contribution is 0.583. The van der Waals surface area contributed by atoms with E-state index in [1.165, 1.54) is 6.26 Å². The Morgan fingerprint density at radius 1 is 1.50 bits per heavy atom. The van der Waals surface area contributed by atoms with Gasteiger partial charge in [-0.1, -0.05) is 11.6 Å². The summed E-state index contributed by atoms with van der Waals surface area (Å²) in [5.41, 5.74) is 4.98. The van der Waals surface area contributed by atoms with Crippen molar-refractivity contribution < 1.29 is 17.0 Å². The first-order chi connectivity index (χ1) is 8.24. The zero-order valence-corrected chi connectivity index (χ0v) is 11.8. The molecule has 0 bridgehead atoms. The van der Waals surface area contributed by atoms with Gasteiger partial charge in [0.2, 0.25) is 10.0 Å². The molecule has 0 aromatic heterocycles. The maximum absolute atomic E-state index is 13.0. The van der Waals surface area contributed by atoms with Crippen LogP contribution < -0.4 is 10.5 Å². The van der Waals surface area contributed by atoms with Gasteiger partial charge in [0.25, 0.3) is 0 Å². The molecule has 0 saturated carbocycles. The third-order valence-corrected chi connectivity index (χ3v) is 4.73. The Morgan fingerprint density at radius 3 is 2.67 bits per heavy atom. The monoisotopic (exact) mass is 314 g/mol. The molecule has 3 N–H and O–H groups in total. The number of anilines is 1. The Kier molecular flexibility index (Phi) is 5.09. The summed E-state index contributed by atoms with van der Waals surface area (Å²) in [5, 5.41) is -0.258. The highest BCUT2D eigenvalue weighted by molar-refractivity contribution is 7.89. The highest BCUT2D eigenvalue weighted by Gasteiger charge is 2.19. The van der Waals surface area contributed by atoms with Crippen molar-refractivity contribution in [2.24, 2.45) is 0 Å². The number of hydrogen-bond donors (Lipinski definition) is 2. The molecule has 9 heteroatoms. The van der Waals surface area contributed by atoms with Crippen LogP contribution in [0.15, 0.2) is 17.0 Å². The topological polar surface area (TPSA) is 89.3 Å². The summed E-state index contributed by atoms with van der Waals surface area (Å²) in [6.07, 6.45) is 1.46. The first-order valence-corrected chi connectivity index (χ1v) is 8.37. The molecule has 0 aliphatic rings. The molecule has 1 aromatic rings. The molecule has 1 unspecified atom stereocenters. The number of nitrogens with one attached hydrogen (secondary N) is 1. The van der Waals surface area contributed by atoms with Crippen LogP contribution in [-0.2, 0) is 20.8 Å². The summed E-state index contributed by atoms with van der Waals surface area (Å²) in [6, 6.07) is 1.78. The van der Waals surface area contributed by atoms with Crippen molar-refractivity contribution in [1.82, 2.24) is 4.72 Å². The number of sulfonamides is 1. The minimum Gasteiger partial charge on any atom is -0.396 e. The van der Waals surface area contributed by atoms with Gasteiger partial charge >= 0.3 is 0 Å². The predicted molar refractivity (Wildman–Crippen MR) is 69.9 cm³/mol. The third-order valence-electron chi connectivity index (χ3n) is 2.02. The number of rotatable bonds is 5. The van der Waals surface area contributed by atoms with Crippen LogP contribution in [0.1, 0.15) is 0 Å². The standard InChI is InChI=1S/C9H12ClFN2O3S2/c1-17(14)3-2-13-18(15,16)9-5-8(12)7(11)4-6(9)10/h4-5,13H,2-3,12H2,1H3. The van der Waals surface area contributed by atoms with Crippen LogP contribution in [0.4, 0.5) is 10.1 Å². The van der Waals surface area contributed by atoms with E-state index < -0.39 is 26.6 Å². The van der Waals surface area contributed by atoms with Crippen molar-refractivity contribution in [3.63, 3.8) is 0 Å². The number of hydrogen-bond acceptors (Lipinski definition) is 4. The van der Waals surface area contributed by atoms with E-state index in [1.54, 1.807) is 0 Å². The average molecular weight is 315 g/mol. The maximum Gasteiger partial charge on any atom is 0.242 e. The molecule has 0 fully saturated rings. The van der Waals surface area contributed by atoms with E-state index in [1.807, 2.05) is 0 Å². The van der Waals surface area contributed by atoms with Gasteiger partial charge in [-0.15, -0.1) is 0 Å². The molecule has 0 radical (unpaired) electrons. The summed E-state index contributed by atoms with van der Waals surface area (Å²) in [6.45, 7) is -0.000938. The molecule has 0 aliphatic carbocycles.